The van der Waals surface area contributed by atoms with E-state index in [0.29, 0.717) is 6.42 Å². The number of allylic oxidation sites excluding steroid dienone is 3. The highest BCUT2D eigenvalue weighted by molar-refractivity contribution is 6.04. The lowest BCUT2D eigenvalue weighted by atomic mass is 9.78. The molecule has 0 bridgehead atoms. The van der Waals surface area contributed by atoms with Crippen molar-refractivity contribution in [1.29, 1.82) is 0 Å². The first kappa shape index (κ1) is 13.0. The van der Waals surface area contributed by atoms with Gasteiger partial charge in [0.05, 0.1) is 0 Å². The number of para-hydroxylation sites is 1. The van der Waals surface area contributed by atoms with E-state index in [2.05, 4.69) is 6.58 Å². The van der Waals surface area contributed by atoms with E-state index in [0.717, 1.165) is 40.2 Å². The lowest BCUT2D eigenvalue weighted by Gasteiger charge is -2.26. The second-order valence-corrected chi connectivity index (χ2v) is 5.52. The normalized spacial score (nSPS) is 21.3. The van der Waals surface area contributed by atoms with Crippen molar-refractivity contribution < 1.29 is 14.3 Å². The molecule has 0 saturated heterocycles. The lowest BCUT2D eigenvalue weighted by molar-refractivity contribution is -0.116. The molecule has 1 aliphatic heterocycles. The number of benzene rings is 1. The van der Waals surface area contributed by atoms with Gasteiger partial charge >= 0.3 is 0 Å². The van der Waals surface area contributed by atoms with Crippen LogP contribution in [0.2, 0.25) is 0 Å². The molecule has 1 aromatic carbocycles. The van der Waals surface area contributed by atoms with Crippen LogP contribution >= 0.6 is 0 Å². The fourth-order valence-corrected chi connectivity index (χ4v) is 2.85. The zero-order valence-corrected chi connectivity index (χ0v) is 11.9. The Hall–Kier alpha value is -2.03. The quantitative estimate of drug-likeness (QED) is 0.768. The van der Waals surface area contributed by atoms with E-state index in [-0.39, 0.29) is 18.5 Å². The Morgan fingerprint density at radius 3 is 2.85 bits per heavy atom. The summed E-state index contributed by atoms with van der Waals surface area (Å²) in [6.45, 7) is 8.15. The van der Waals surface area contributed by atoms with Crippen LogP contribution in [-0.2, 0) is 4.79 Å². The van der Waals surface area contributed by atoms with Gasteiger partial charge in [0.15, 0.2) is 17.3 Å². The highest BCUT2D eigenvalue weighted by atomic mass is 16.7. The maximum absolute atomic E-state index is 12.2. The zero-order chi connectivity index (χ0) is 14.3. The van der Waals surface area contributed by atoms with Crippen LogP contribution in [-0.4, -0.2) is 12.6 Å². The standard InChI is InChI=1S/C17H18O3/c1-10(2)12-7-14(11(3)15(18)8-12)13-5-4-6-16-17(13)20-9-19-16/h4-6,12H,1,7-9H2,2-3H3. The largest absolute Gasteiger partial charge is 0.454 e. The van der Waals surface area contributed by atoms with Crippen LogP contribution in [0.25, 0.3) is 5.57 Å². The molecule has 3 rings (SSSR count). The molecule has 1 aliphatic carbocycles. The summed E-state index contributed by atoms with van der Waals surface area (Å²) in [5.41, 5.74) is 3.95. The number of fused-ring (bicyclic) bond motifs is 1. The molecular weight excluding hydrogens is 252 g/mol. The van der Waals surface area contributed by atoms with Crippen LogP contribution < -0.4 is 9.47 Å². The number of Topliss-reactive ketones (excluding diaryl/α,β-unsaturated/α-hetero) is 1. The van der Waals surface area contributed by atoms with Crippen molar-refractivity contribution in [3.63, 3.8) is 0 Å². The maximum atomic E-state index is 12.2. The first-order valence-electron chi connectivity index (χ1n) is 6.85. The Bertz CT molecular complexity index is 625. The van der Waals surface area contributed by atoms with Crippen LogP contribution in [0.5, 0.6) is 11.5 Å². The van der Waals surface area contributed by atoms with Crippen LogP contribution in [0.4, 0.5) is 0 Å². The lowest BCUT2D eigenvalue weighted by Crippen LogP contribution is -2.18. The summed E-state index contributed by atoms with van der Waals surface area (Å²) in [7, 11) is 0. The molecule has 2 aliphatic rings. The fraction of sp³-hybridized carbons (Fsp3) is 0.353. The van der Waals surface area contributed by atoms with Gasteiger partial charge in [-0.15, -0.1) is 0 Å². The number of hydrogen-bond donors (Lipinski definition) is 0. The highest BCUT2D eigenvalue weighted by Crippen LogP contribution is 2.44. The molecule has 3 heteroatoms. The third kappa shape index (κ3) is 2.03. The molecule has 20 heavy (non-hydrogen) atoms. The molecular formula is C17H18O3. The van der Waals surface area contributed by atoms with Crippen LogP contribution in [0.3, 0.4) is 0 Å². The van der Waals surface area contributed by atoms with Gasteiger partial charge in [-0.2, -0.15) is 0 Å². The number of rotatable bonds is 2. The van der Waals surface area contributed by atoms with Crippen molar-refractivity contribution in [3.8, 4) is 11.5 Å². The van der Waals surface area contributed by atoms with Gasteiger partial charge in [0.1, 0.15) is 0 Å². The minimum Gasteiger partial charge on any atom is -0.454 e. The minimum atomic E-state index is 0.204. The Morgan fingerprint density at radius 2 is 2.10 bits per heavy atom. The molecule has 0 radical (unpaired) electrons. The van der Waals surface area contributed by atoms with Gasteiger partial charge in [-0.05, 0) is 43.4 Å². The van der Waals surface area contributed by atoms with Crippen LogP contribution in [0.1, 0.15) is 32.3 Å². The summed E-state index contributed by atoms with van der Waals surface area (Å²) >= 11 is 0. The number of carbonyl (C=O) groups is 1. The second-order valence-electron chi connectivity index (χ2n) is 5.52. The van der Waals surface area contributed by atoms with E-state index in [1.54, 1.807) is 0 Å². The minimum absolute atomic E-state index is 0.204. The first-order valence-corrected chi connectivity index (χ1v) is 6.85. The summed E-state index contributed by atoms with van der Waals surface area (Å²) in [6, 6.07) is 5.83. The Labute approximate surface area is 118 Å². The molecule has 104 valence electrons. The monoisotopic (exact) mass is 270 g/mol. The SMILES string of the molecule is C=C(C)C1CC(=O)C(C)=C(c2cccc3c2OCO3)C1. The van der Waals surface area contributed by atoms with Gasteiger partial charge in [0.25, 0.3) is 0 Å². The van der Waals surface area contributed by atoms with Gasteiger partial charge in [-0.25, -0.2) is 0 Å². The molecule has 0 saturated carbocycles. The predicted octanol–water partition coefficient (Wildman–Crippen LogP) is 3.74. The molecule has 0 aromatic heterocycles. The Kier molecular flexibility index (Phi) is 3.13. The topological polar surface area (TPSA) is 35.5 Å². The molecule has 1 aromatic rings. The molecule has 1 atom stereocenters. The van der Waals surface area contributed by atoms with Gasteiger partial charge in [-0.1, -0.05) is 24.3 Å². The van der Waals surface area contributed by atoms with Gasteiger partial charge < -0.3 is 9.47 Å². The number of hydrogen-bond acceptors (Lipinski definition) is 3. The first-order chi connectivity index (χ1) is 9.58. The molecule has 1 heterocycles. The second kappa shape index (κ2) is 4.82. The van der Waals surface area contributed by atoms with Gasteiger partial charge in [0.2, 0.25) is 6.79 Å². The van der Waals surface area contributed by atoms with Crippen LogP contribution in [0.15, 0.2) is 35.9 Å². The summed E-state index contributed by atoms with van der Waals surface area (Å²) < 4.78 is 11.0. The molecule has 1 unspecified atom stereocenters. The predicted molar refractivity (Wildman–Crippen MR) is 77.7 cm³/mol. The molecule has 0 N–H and O–H groups in total. The van der Waals surface area contributed by atoms with E-state index >= 15 is 0 Å². The van der Waals surface area contributed by atoms with Crippen molar-refractivity contribution in [2.45, 2.75) is 26.7 Å². The Morgan fingerprint density at radius 1 is 1.30 bits per heavy atom. The van der Waals surface area contributed by atoms with E-state index in [1.807, 2.05) is 32.0 Å². The van der Waals surface area contributed by atoms with Crippen molar-refractivity contribution >= 4 is 11.4 Å². The van der Waals surface area contributed by atoms with E-state index in [1.165, 1.54) is 0 Å². The van der Waals surface area contributed by atoms with Crippen molar-refractivity contribution in [2.24, 2.45) is 5.92 Å². The highest BCUT2D eigenvalue weighted by Gasteiger charge is 2.29. The molecule has 0 fully saturated rings. The zero-order valence-electron chi connectivity index (χ0n) is 11.9. The summed E-state index contributed by atoms with van der Waals surface area (Å²) in [6.07, 6.45) is 1.41. The smallest absolute Gasteiger partial charge is 0.231 e. The van der Waals surface area contributed by atoms with Gasteiger partial charge in [-0.3, -0.25) is 4.79 Å². The maximum Gasteiger partial charge on any atom is 0.231 e. The van der Waals surface area contributed by atoms with E-state index in [9.17, 15) is 4.79 Å². The average Bonchev–Trinajstić information content (AvgIpc) is 2.89. The van der Waals surface area contributed by atoms with Crippen molar-refractivity contribution in [3.05, 3.63) is 41.5 Å². The van der Waals surface area contributed by atoms with E-state index in [4.69, 9.17) is 9.47 Å². The summed E-state index contributed by atoms with van der Waals surface area (Å²) in [5, 5.41) is 0. The Balaban J connectivity index is 2.08. The summed E-state index contributed by atoms with van der Waals surface area (Å²) in [4.78, 5) is 12.2. The van der Waals surface area contributed by atoms with Gasteiger partial charge in [0, 0.05) is 12.0 Å². The van der Waals surface area contributed by atoms with E-state index < -0.39 is 0 Å². The molecule has 3 nitrogen and oxygen atoms in total. The van der Waals surface area contributed by atoms with Crippen molar-refractivity contribution in [1.82, 2.24) is 0 Å². The van der Waals surface area contributed by atoms with Crippen LogP contribution in [0, 0.1) is 5.92 Å². The number of carbonyl (C=O) groups excluding carboxylic acids is 1. The molecule has 0 amide bonds. The fourth-order valence-electron chi connectivity index (χ4n) is 2.85. The molecule has 0 spiro atoms. The average molecular weight is 270 g/mol. The third-order valence-corrected chi connectivity index (χ3v) is 4.17. The summed E-state index contributed by atoms with van der Waals surface area (Å²) in [5.74, 6) is 1.94. The van der Waals surface area contributed by atoms with Crippen molar-refractivity contribution in [2.75, 3.05) is 6.79 Å². The number of ketones is 1. The number of ether oxygens (including phenoxy) is 2. The third-order valence-electron chi connectivity index (χ3n) is 4.17.